The molecule has 3 N–H and O–H groups in total. The average Bonchev–Trinajstić information content (AvgIpc) is 3.28. The third-order valence-electron chi connectivity index (χ3n) is 4.20. The molecule has 1 aliphatic rings. The number of thiazole rings is 1. The molecule has 1 saturated heterocycles. The number of nitrogens with zero attached hydrogens (tertiary/aromatic N) is 1. The first-order valence-corrected chi connectivity index (χ1v) is 11.5. The summed E-state index contributed by atoms with van der Waals surface area (Å²) in [7, 11) is -3.44. The minimum atomic E-state index is -5.08. The molecule has 0 aliphatic carbocycles. The van der Waals surface area contributed by atoms with Crippen molar-refractivity contribution >= 4 is 44.4 Å². The predicted octanol–water partition coefficient (Wildman–Crippen LogP) is 3.42. The molecule has 30 heavy (non-hydrogen) atoms. The van der Waals surface area contributed by atoms with E-state index in [1.165, 1.54) is 17.4 Å². The van der Waals surface area contributed by atoms with Gasteiger partial charge in [0.25, 0.3) is 0 Å². The SMILES string of the molecule is C[C@H]1CNC[C@@H]1Nc1ccc(S(=O)(=O)Cc2nccs2)cc1Cl.O=C(O)C(F)(F)F. The van der Waals surface area contributed by atoms with Crippen LogP contribution in [-0.2, 0) is 20.4 Å². The predicted molar refractivity (Wildman–Crippen MR) is 108 cm³/mol. The number of hydrogen-bond acceptors (Lipinski definition) is 7. The first-order valence-electron chi connectivity index (χ1n) is 8.58. The van der Waals surface area contributed by atoms with Gasteiger partial charge in [0, 0.05) is 24.2 Å². The standard InChI is InChI=1S/C15H18ClN3O2S2.C2HF3O2/c1-10-7-17-8-14(10)19-13-3-2-11(6-12(13)16)23(20,21)9-15-18-4-5-22-15;3-2(4,5)1(6)7/h2-6,10,14,17,19H,7-9H2,1H3;(H,6,7)/t10-,14-;/m0./s1. The molecule has 1 fully saturated rings. The summed E-state index contributed by atoms with van der Waals surface area (Å²) in [4.78, 5) is 13.1. The highest BCUT2D eigenvalue weighted by Gasteiger charge is 2.38. The second-order valence-corrected chi connectivity index (χ2v) is 9.89. The third-order valence-corrected chi connectivity index (χ3v) is 7.10. The van der Waals surface area contributed by atoms with Crippen molar-refractivity contribution in [1.82, 2.24) is 10.3 Å². The maximum atomic E-state index is 12.4. The number of alkyl halides is 3. The van der Waals surface area contributed by atoms with E-state index in [1.54, 1.807) is 23.7 Å². The van der Waals surface area contributed by atoms with E-state index >= 15 is 0 Å². The number of carboxylic acids is 1. The Morgan fingerprint density at radius 2 is 2.07 bits per heavy atom. The van der Waals surface area contributed by atoms with Gasteiger partial charge >= 0.3 is 12.1 Å². The number of aromatic nitrogens is 1. The van der Waals surface area contributed by atoms with Crippen LogP contribution in [0.25, 0.3) is 0 Å². The van der Waals surface area contributed by atoms with Crippen LogP contribution in [-0.4, -0.2) is 49.8 Å². The number of carbonyl (C=O) groups is 1. The lowest BCUT2D eigenvalue weighted by molar-refractivity contribution is -0.192. The Hall–Kier alpha value is -1.89. The molecular weight excluding hydrogens is 467 g/mol. The minimum absolute atomic E-state index is 0.0999. The van der Waals surface area contributed by atoms with Gasteiger partial charge in [-0.2, -0.15) is 13.2 Å². The molecule has 0 radical (unpaired) electrons. The summed E-state index contributed by atoms with van der Waals surface area (Å²) < 4.78 is 56.6. The van der Waals surface area contributed by atoms with E-state index in [1.807, 2.05) is 0 Å². The van der Waals surface area contributed by atoms with Crippen molar-refractivity contribution in [2.24, 2.45) is 5.92 Å². The van der Waals surface area contributed by atoms with Gasteiger partial charge in [-0.25, -0.2) is 18.2 Å². The van der Waals surface area contributed by atoms with Crippen LogP contribution in [0.2, 0.25) is 5.02 Å². The number of carboxylic acid groups (broad SMARTS) is 1. The highest BCUT2D eigenvalue weighted by atomic mass is 35.5. The van der Waals surface area contributed by atoms with Gasteiger partial charge in [-0.1, -0.05) is 18.5 Å². The van der Waals surface area contributed by atoms with Gasteiger partial charge in [0.1, 0.15) is 10.8 Å². The number of anilines is 1. The fourth-order valence-electron chi connectivity index (χ4n) is 2.58. The van der Waals surface area contributed by atoms with Gasteiger partial charge in [-0.15, -0.1) is 11.3 Å². The Labute approximate surface area is 180 Å². The molecular formula is C17H19ClF3N3O4S2. The molecule has 0 spiro atoms. The van der Waals surface area contributed by atoms with Gasteiger partial charge < -0.3 is 15.7 Å². The molecule has 3 rings (SSSR count). The molecule has 2 heterocycles. The second-order valence-electron chi connectivity index (χ2n) is 6.52. The Bertz CT molecular complexity index is 969. The first-order chi connectivity index (χ1) is 13.9. The number of nitrogens with one attached hydrogen (secondary N) is 2. The Kier molecular flexibility index (Phi) is 8.08. The van der Waals surface area contributed by atoms with Crippen molar-refractivity contribution in [2.75, 3.05) is 18.4 Å². The van der Waals surface area contributed by atoms with E-state index < -0.39 is 22.0 Å². The number of benzene rings is 1. The number of hydrogen-bond donors (Lipinski definition) is 3. The van der Waals surface area contributed by atoms with Crippen molar-refractivity contribution in [3.05, 3.63) is 39.8 Å². The monoisotopic (exact) mass is 485 g/mol. The molecule has 1 aromatic heterocycles. The molecule has 166 valence electrons. The van der Waals surface area contributed by atoms with Gasteiger partial charge in [-0.3, -0.25) is 0 Å². The fourth-order valence-corrected chi connectivity index (χ4v) is 5.16. The number of sulfone groups is 1. The lowest BCUT2D eigenvalue weighted by atomic mass is 10.1. The van der Waals surface area contributed by atoms with Crippen LogP contribution in [0.5, 0.6) is 0 Å². The van der Waals surface area contributed by atoms with Gasteiger partial charge in [0.05, 0.1) is 15.6 Å². The zero-order valence-corrected chi connectivity index (χ0v) is 18.0. The summed E-state index contributed by atoms with van der Waals surface area (Å²) in [6, 6.07) is 5.15. The second kappa shape index (κ2) is 9.94. The van der Waals surface area contributed by atoms with Crippen LogP contribution in [0.1, 0.15) is 11.9 Å². The van der Waals surface area contributed by atoms with E-state index in [2.05, 4.69) is 22.5 Å². The lowest BCUT2D eigenvalue weighted by Crippen LogP contribution is -2.26. The van der Waals surface area contributed by atoms with E-state index in [9.17, 15) is 21.6 Å². The Morgan fingerprint density at radius 3 is 2.53 bits per heavy atom. The maximum absolute atomic E-state index is 12.4. The molecule has 2 aromatic rings. The van der Waals surface area contributed by atoms with Crippen LogP contribution < -0.4 is 10.6 Å². The molecule has 0 saturated carbocycles. The largest absolute Gasteiger partial charge is 0.490 e. The van der Waals surface area contributed by atoms with Crippen molar-refractivity contribution in [1.29, 1.82) is 0 Å². The number of aliphatic carboxylic acids is 1. The molecule has 1 aromatic carbocycles. The molecule has 13 heteroatoms. The lowest BCUT2D eigenvalue weighted by Gasteiger charge is -2.19. The summed E-state index contributed by atoms with van der Waals surface area (Å²) in [6.07, 6.45) is -3.48. The van der Waals surface area contributed by atoms with Crippen LogP contribution in [0.15, 0.2) is 34.7 Å². The normalized spacial score (nSPS) is 19.1. The van der Waals surface area contributed by atoms with Crippen molar-refractivity contribution < 1.29 is 31.5 Å². The minimum Gasteiger partial charge on any atom is -0.475 e. The molecule has 2 atom stereocenters. The first kappa shape index (κ1) is 24.4. The zero-order chi connectivity index (χ0) is 22.5. The van der Waals surface area contributed by atoms with E-state index in [-0.39, 0.29) is 10.6 Å². The van der Waals surface area contributed by atoms with Crippen LogP contribution in [0.4, 0.5) is 18.9 Å². The quantitative estimate of drug-likeness (QED) is 0.595. The summed E-state index contributed by atoms with van der Waals surface area (Å²) in [5.41, 5.74) is 0.764. The molecule has 1 aliphatic heterocycles. The van der Waals surface area contributed by atoms with Crippen molar-refractivity contribution in [3.63, 3.8) is 0 Å². The molecule has 7 nitrogen and oxygen atoms in total. The highest BCUT2D eigenvalue weighted by molar-refractivity contribution is 7.90. The average molecular weight is 486 g/mol. The van der Waals surface area contributed by atoms with E-state index in [0.717, 1.165) is 18.8 Å². The van der Waals surface area contributed by atoms with E-state index in [0.29, 0.717) is 22.0 Å². The summed E-state index contributed by atoms with van der Waals surface area (Å²) in [5, 5.41) is 16.6. The topological polar surface area (TPSA) is 108 Å². The van der Waals surface area contributed by atoms with Gasteiger partial charge in [-0.05, 0) is 30.7 Å². The van der Waals surface area contributed by atoms with Crippen molar-refractivity contribution in [2.45, 2.75) is 29.8 Å². The van der Waals surface area contributed by atoms with Crippen LogP contribution >= 0.6 is 22.9 Å². The van der Waals surface area contributed by atoms with Crippen LogP contribution in [0, 0.1) is 5.92 Å². The smallest absolute Gasteiger partial charge is 0.475 e. The zero-order valence-electron chi connectivity index (χ0n) is 15.6. The number of rotatable bonds is 5. The molecule has 0 bridgehead atoms. The van der Waals surface area contributed by atoms with Crippen LogP contribution in [0.3, 0.4) is 0 Å². The molecule has 0 unspecified atom stereocenters. The fraction of sp³-hybridized carbons (Fsp3) is 0.412. The van der Waals surface area contributed by atoms with Gasteiger partial charge in [0.2, 0.25) is 0 Å². The maximum Gasteiger partial charge on any atom is 0.490 e. The highest BCUT2D eigenvalue weighted by Crippen LogP contribution is 2.29. The van der Waals surface area contributed by atoms with E-state index in [4.69, 9.17) is 21.5 Å². The Morgan fingerprint density at radius 1 is 1.40 bits per heavy atom. The molecule has 0 amide bonds. The summed E-state index contributed by atoms with van der Waals surface area (Å²) in [6.45, 7) is 4.01. The Balaban J connectivity index is 0.000000396. The third kappa shape index (κ3) is 6.83. The number of halogens is 4. The van der Waals surface area contributed by atoms with Crippen molar-refractivity contribution in [3.8, 4) is 0 Å². The summed E-state index contributed by atoms with van der Waals surface area (Å²) in [5.74, 6) is -2.36. The summed E-state index contributed by atoms with van der Waals surface area (Å²) >= 11 is 7.61. The van der Waals surface area contributed by atoms with Gasteiger partial charge in [0.15, 0.2) is 9.84 Å².